The second-order valence-electron chi connectivity index (χ2n) is 4.76. The Morgan fingerprint density at radius 1 is 1.33 bits per heavy atom. The van der Waals surface area contributed by atoms with E-state index in [0.717, 1.165) is 23.2 Å². The van der Waals surface area contributed by atoms with E-state index < -0.39 is 0 Å². The van der Waals surface area contributed by atoms with E-state index in [4.69, 9.17) is 4.42 Å². The molecule has 0 spiro atoms. The molecule has 21 heavy (non-hydrogen) atoms. The third-order valence-electron chi connectivity index (χ3n) is 3.31. The highest BCUT2D eigenvalue weighted by Gasteiger charge is 2.21. The van der Waals surface area contributed by atoms with Crippen LogP contribution in [0.15, 0.2) is 28.9 Å². The van der Waals surface area contributed by atoms with Gasteiger partial charge >= 0.3 is 0 Å². The zero-order valence-corrected chi connectivity index (χ0v) is 12.5. The van der Waals surface area contributed by atoms with Crippen LogP contribution >= 0.6 is 11.3 Å². The van der Waals surface area contributed by atoms with E-state index in [9.17, 15) is 4.79 Å². The van der Waals surface area contributed by atoms with Crippen LogP contribution in [-0.2, 0) is 4.79 Å². The van der Waals surface area contributed by atoms with Crippen molar-refractivity contribution in [2.75, 3.05) is 31.1 Å². The molecular weight excluding hydrogens is 288 g/mol. The molecule has 1 fully saturated rings. The van der Waals surface area contributed by atoms with Gasteiger partial charge < -0.3 is 14.2 Å². The monoisotopic (exact) mass is 304 g/mol. The van der Waals surface area contributed by atoms with Crippen LogP contribution in [0, 0.1) is 6.92 Å². The molecule has 0 unspecified atom stereocenters. The highest BCUT2D eigenvalue weighted by atomic mass is 32.1. The maximum Gasteiger partial charge on any atom is 0.246 e. The number of aromatic nitrogens is 2. The Kier molecular flexibility index (Phi) is 4.01. The van der Waals surface area contributed by atoms with Gasteiger partial charge in [0.2, 0.25) is 11.0 Å². The van der Waals surface area contributed by atoms with Gasteiger partial charge in [-0.15, -0.1) is 10.2 Å². The molecule has 0 aliphatic carbocycles. The topological polar surface area (TPSA) is 62.5 Å². The molecule has 6 nitrogen and oxygen atoms in total. The van der Waals surface area contributed by atoms with Crippen molar-refractivity contribution in [2.24, 2.45) is 0 Å². The van der Waals surface area contributed by atoms with E-state index in [1.54, 1.807) is 35.8 Å². The first-order valence-corrected chi connectivity index (χ1v) is 7.59. The average Bonchev–Trinajstić information content (AvgIpc) is 3.16. The van der Waals surface area contributed by atoms with Gasteiger partial charge in [-0.3, -0.25) is 4.79 Å². The fourth-order valence-electron chi connectivity index (χ4n) is 2.18. The van der Waals surface area contributed by atoms with Crippen LogP contribution in [0.4, 0.5) is 5.13 Å². The lowest BCUT2D eigenvalue weighted by molar-refractivity contribution is -0.126. The fourth-order valence-corrected chi connectivity index (χ4v) is 2.92. The predicted molar refractivity (Wildman–Crippen MR) is 81.2 cm³/mol. The molecule has 7 heteroatoms. The first-order valence-electron chi connectivity index (χ1n) is 6.78. The van der Waals surface area contributed by atoms with Crippen molar-refractivity contribution in [1.82, 2.24) is 15.1 Å². The zero-order chi connectivity index (χ0) is 14.7. The minimum absolute atomic E-state index is 0.0134. The van der Waals surface area contributed by atoms with E-state index in [2.05, 4.69) is 15.1 Å². The fraction of sp³-hybridized carbons (Fsp3) is 0.357. The van der Waals surface area contributed by atoms with Gasteiger partial charge in [0.1, 0.15) is 10.8 Å². The Hall–Kier alpha value is -2.15. The molecule has 0 atom stereocenters. The minimum atomic E-state index is 0.0134. The largest absolute Gasteiger partial charge is 0.465 e. The second kappa shape index (κ2) is 6.09. The van der Waals surface area contributed by atoms with Crippen LogP contribution in [0.2, 0.25) is 0 Å². The van der Waals surface area contributed by atoms with Gasteiger partial charge in [0, 0.05) is 32.3 Å². The van der Waals surface area contributed by atoms with Gasteiger partial charge in [0.15, 0.2) is 0 Å². The number of anilines is 1. The van der Waals surface area contributed by atoms with Crippen LogP contribution in [0.3, 0.4) is 0 Å². The van der Waals surface area contributed by atoms with Crippen molar-refractivity contribution in [3.8, 4) is 0 Å². The number of piperazine rings is 1. The molecule has 2 aromatic heterocycles. The summed E-state index contributed by atoms with van der Waals surface area (Å²) >= 11 is 1.59. The summed E-state index contributed by atoms with van der Waals surface area (Å²) in [7, 11) is 0. The lowest BCUT2D eigenvalue weighted by Gasteiger charge is -2.33. The third-order valence-corrected chi connectivity index (χ3v) is 4.21. The Labute approximate surface area is 126 Å². The lowest BCUT2D eigenvalue weighted by atomic mass is 10.3. The molecule has 2 aromatic rings. The number of furan rings is 1. The van der Waals surface area contributed by atoms with Crippen LogP contribution < -0.4 is 4.90 Å². The Bertz CT molecular complexity index is 627. The van der Waals surface area contributed by atoms with Gasteiger partial charge in [-0.2, -0.15) is 0 Å². The van der Waals surface area contributed by atoms with Crippen molar-refractivity contribution in [1.29, 1.82) is 0 Å². The number of aryl methyl sites for hydroxylation is 1. The number of hydrogen-bond donors (Lipinski definition) is 0. The highest BCUT2D eigenvalue weighted by molar-refractivity contribution is 7.15. The number of carbonyl (C=O) groups excluding carboxylic acids is 1. The zero-order valence-electron chi connectivity index (χ0n) is 11.7. The van der Waals surface area contributed by atoms with Crippen LogP contribution in [0.1, 0.15) is 10.8 Å². The van der Waals surface area contributed by atoms with E-state index in [1.165, 1.54) is 0 Å². The molecule has 1 aliphatic rings. The summed E-state index contributed by atoms with van der Waals surface area (Å²) in [5.41, 5.74) is 0. The van der Waals surface area contributed by atoms with E-state index >= 15 is 0 Å². The summed E-state index contributed by atoms with van der Waals surface area (Å²) in [6, 6.07) is 3.62. The molecule has 1 saturated heterocycles. The molecule has 0 bridgehead atoms. The number of hydrogen-bond acceptors (Lipinski definition) is 6. The van der Waals surface area contributed by atoms with E-state index in [1.807, 2.05) is 17.9 Å². The standard InChI is InChI=1S/C14H16N4O2S/c1-11-15-16-14(21-11)18-8-6-17(7-9-18)13(19)5-4-12-3-2-10-20-12/h2-5,10H,6-9H2,1H3/b5-4+. The summed E-state index contributed by atoms with van der Waals surface area (Å²) in [6.45, 7) is 4.91. The van der Waals surface area contributed by atoms with Gasteiger partial charge in [-0.05, 0) is 25.1 Å². The molecule has 0 saturated carbocycles. The van der Waals surface area contributed by atoms with Crippen molar-refractivity contribution < 1.29 is 9.21 Å². The van der Waals surface area contributed by atoms with E-state index in [0.29, 0.717) is 18.8 Å². The summed E-state index contributed by atoms with van der Waals surface area (Å²) in [5, 5.41) is 10.1. The van der Waals surface area contributed by atoms with Crippen molar-refractivity contribution in [3.63, 3.8) is 0 Å². The Morgan fingerprint density at radius 2 is 2.14 bits per heavy atom. The predicted octanol–water partition coefficient (Wildman–Crippen LogP) is 1.80. The molecule has 0 aromatic carbocycles. The van der Waals surface area contributed by atoms with Crippen molar-refractivity contribution in [3.05, 3.63) is 35.2 Å². The SMILES string of the molecule is Cc1nnc(N2CCN(C(=O)/C=C/c3ccco3)CC2)s1. The maximum absolute atomic E-state index is 12.1. The molecule has 3 rings (SSSR count). The summed E-state index contributed by atoms with van der Waals surface area (Å²) in [5.74, 6) is 0.700. The number of nitrogens with zero attached hydrogens (tertiary/aromatic N) is 4. The highest BCUT2D eigenvalue weighted by Crippen LogP contribution is 2.20. The molecule has 1 amide bonds. The first kappa shape index (κ1) is 13.8. The number of carbonyl (C=O) groups is 1. The van der Waals surface area contributed by atoms with Crippen molar-refractivity contribution >= 4 is 28.5 Å². The van der Waals surface area contributed by atoms with Crippen LogP contribution in [0.25, 0.3) is 6.08 Å². The third kappa shape index (κ3) is 3.30. The van der Waals surface area contributed by atoms with Crippen LogP contribution in [0.5, 0.6) is 0 Å². The molecule has 110 valence electrons. The lowest BCUT2D eigenvalue weighted by Crippen LogP contribution is -2.48. The van der Waals surface area contributed by atoms with Gasteiger partial charge in [-0.25, -0.2) is 0 Å². The Balaban J connectivity index is 1.54. The molecule has 3 heterocycles. The second-order valence-corrected chi connectivity index (χ2v) is 5.92. The number of amides is 1. The van der Waals surface area contributed by atoms with Gasteiger partial charge in [-0.1, -0.05) is 11.3 Å². The summed E-state index contributed by atoms with van der Waals surface area (Å²) in [6.07, 6.45) is 4.85. The molecule has 0 N–H and O–H groups in total. The quantitative estimate of drug-likeness (QED) is 0.809. The van der Waals surface area contributed by atoms with Gasteiger partial charge in [0.25, 0.3) is 0 Å². The summed E-state index contributed by atoms with van der Waals surface area (Å²) in [4.78, 5) is 16.1. The molecular formula is C14H16N4O2S. The van der Waals surface area contributed by atoms with Gasteiger partial charge in [0.05, 0.1) is 6.26 Å². The van der Waals surface area contributed by atoms with E-state index in [-0.39, 0.29) is 5.91 Å². The smallest absolute Gasteiger partial charge is 0.246 e. The maximum atomic E-state index is 12.1. The van der Waals surface area contributed by atoms with Crippen molar-refractivity contribution in [2.45, 2.75) is 6.92 Å². The average molecular weight is 304 g/mol. The molecule has 0 radical (unpaired) electrons. The normalized spacial score (nSPS) is 15.9. The van der Waals surface area contributed by atoms with Crippen LogP contribution in [-0.4, -0.2) is 47.2 Å². The molecule has 1 aliphatic heterocycles. The Morgan fingerprint density at radius 3 is 2.76 bits per heavy atom. The number of rotatable bonds is 3. The minimum Gasteiger partial charge on any atom is -0.465 e. The summed E-state index contributed by atoms with van der Waals surface area (Å²) < 4.78 is 5.17. The first-order chi connectivity index (χ1) is 10.2.